The van der Waals surface area contributed by atoms with Crippen molar-refractivity contribution in [3.63, 3.8) is 0 Å². The molecular weight excluding hydrogens is 313 g/mol. The van der Waals surface area contributed by atoms with E-state index in [0.717, 1.165) is 16.5 Å². The minimum atomic E-state index is -0.411. The van der Waals surface area contributed by atoms with Gasteiger partial charge in [-0.05, 0) is 51.3 Å². The molecule has 1 N–H and O–H groups in total. The normalized spacial score (nSPS) is 11.2. The number of hydrogen-bond acceptors (Lipinski definition) is 2. The summed E-state index contributed by atoms with van der Waals surface area (Å²) < 4.78 is 18.7. The SMILES string of the molecule is CC(C)(C)NC(=O)OCCCc1ccc(F)cc1Br. The number of ether oxygens (including phenoxy) is 1. The lowest BCUT2D eigenvalue weighted by Gasteiger charge is -2.19. The van der Waals surface area contributed by atoms with Crippen molar-refractivity contribution < 1.29 is 13.9 Å². The van der Waals surface area contributed by atoms with Crippen LogP contribution in [-0.4, -0.2) is 18.2 Å². The van der Waals surface area contributed by atoms with E-state index in [1.54, 1.807) is 6.07 Å². The molecule has 1 aromatic carbocycles. The number of rotatable bonds is 4. The summed E-state index contributed by atoms with van der Waals surface area (Å²) in [6.07, 6.45) is 1.01. The standard InChI is InChI=1S/C14H19BrFNO2/c1-14(2,3)17-13(18)19-8-4-5-10-6-7-11(16)9-12(10)15/h6-7,9H,4-5,8H2,1-3H3,(H,17,18). The fraction of sp³-hybridized carbons (Fsp3) is 0.500. The van der Waals surface area contributed by atoms with Crippen LogP contribution in [0.15, 0.2) is 22.7 Å². The van der Waals surface area contributed by atoms with E-state index in [2.05, 4.69) is 21.2 Å². The number of benzene rings is 1. The van der Waals surface area contributed by atoms with Crippen molar-refractivity contribution in [2.75, 3.05) is 6.61 Å². The van der Waals surface area contributed by atoms with Gasteiger partial charge < -0.3 is 10.1 Å². The van der Waals surface area contributed by atoms with Crippen molar-refractivity contribution in [1.29, 1.82) is 0 Å². The van der Waals surface area contributed by atoms with Gasteiger partial charge in [-0.25, -0.2) is 9.18 Å². The summed E-state index contributed by atoms with van der Waals surface area (Å²) in [5.41, 5.74) is 0.707. The molecule has 0 radical (unpaired) electrons. The zero-order chi connectivity index (χ0) is 14.5. The first-order valence-electron chi connectivity index (χ1n) is 6.17. The van der Waals surface area contributed by atoms with E-state index in [4.69, 9.17) is 4.74 Å². The van der Waals surface area contributed by atoms with Crippen LogP contribution in [0.25, 0.3) is 0 Å². The first kappa shape index (κ1) is 16.0. The Morgan fingerprint density at radius 1 is 1.42 bits per heavy atom. The molecule has 3 nitrogen and oxygen atoms in total. The number of hydrogen-bond donors (Lipinski definition) is 1. The van der Waals surface area contributed by atoms with Crippen LogP contribution in [0.1, 0.15) is 32.8 Å². The molecular formula is C14H19BrFNO2. The number of carbonyl (C=O) groups is 1. The van der Waals surface area contributed by atoms with Crippen LogP contribution in [0.3, 0.4) is 0 Å². The topological polar surface area (TPSA) is 38.3 Å². The molecule has 0 fully saturated rings. The van der Waals surface area contributed by atoms with Gasteiger partial charge in [0.15, 0.2) is 0 Å². The summed E-state index contributed by atoms with van der Waals surface area (Å²) in [4.78, 5) is 11.4. The van der Waals surface area contributed by atoms with Crippen molar-refractivity contribution in [3.8, 4) is 0 Å². The molecule has 1 amide bonds. The Morgan fingerprint density at radius 3 is 2.68 bits per heavy atom. The molecule has 0 aromatic heterocycles. The Balaban J connectivity index is 2.29. The highest BCUT2D eigenvalue weighted by Gasteiger charge is 2.14. The highest BCUT2D eigenvalue weighted by molar-refractivity contribution is 9.10. The zero-order valence-corrected chi connectivity index (χ0v) is 13.0. The number of carbonyl (C=O) groups excluding carboxylic acids is 1. The van der Waals surface area contributed by atoms with E-state index < -0.39 is 6.09 Å². The first-order valence-corrected chi connectivity index (χ1v) is 6.96. The Bertz CT molecular complexity index is 444. The largest absolute Gasteiger partial charge is 0.450 e. The van der Waals surface area contributed by atoms with Crippen molar-refractivity contribution in [1.82, 2.24) is 5.32 Å². The molecule has 19 heavy (non-hydrogen) atoms. The second kappa shape index (κ2) is 6.89. The minimum Gasteiger partial charge on any atom is -0.450 e. The first-order chi connectivity index (χ1) is 8.78. The molecule has 0 aliphatic heterocycles. The van der Waals surface area contributed by atoms with E-state index in [1.807, 2.05) is 20.8 Å². The number of amides is 1. The van der Waals surface area contributed by atoms with Gasteiger partial charge in [0.2, 0.25) is 0 Å². The number of nitrogens with one attached hydrogen (secondary N) is 1. The van der Waals surface area contributed by atoms with Gasteiger partial charge in [0.25, 0.3) is 0 Å². The fourth-order valence-electron chi connectivity index (χ4n) is 1.49. The second-order valence-corrected chi connectivity index (χ2v) is 6.20. The average Bonchev–Trinajstić information content (AvgIpc) is 2.24. The molecule has 0 atom stereocenters. The van der Waals surface area contributed by atoms with Crippen LogP contribution in [-0.2, 0) is 11.2 Å². The quantitative estimate of drug-likeness (QED) is 0.845. The highest BCUT2D eigenvalue weighted by Crippen LogP contribution is 2.19. The van der Waals surface area contributed by atoms with E-state index in [9.17, 15) is 9.18 Å². The number of aryl methyl sites for hydroxylation is 1. The summed E-state index contributed by atoms with van der Waals surface area (Å²) in [7, 11) is 0. The third-order valence-corrected chi connectivity index (χ3v) is 3.05. The van der Waals surface area contributed by atoms with E-state index in [0.29, 0.717) is 13.0 Å². The van der Waals surface area contributed by atoms with Gasteiger partial charge in [-0.15, -0.1) is 0 Å². The predicted molar refractivity (Wildman–Crippen MR) is 76.7 cm³/mol. The average molecular weight is 332 g/mol. The monoisotopic (exact) mass is 331 g/mol. The summed E-state index contributed by atoms with van der Waals surface area (Å²) in [6.45, 7) is 6.02. The lowest BCUT2D eigenvalue weighted by Crippen LogP contribution is -2.41. The molecule has 0 aliphatic rings. The lowest BCUT2D eigenvalue weighted by atomic mass is 10.1. The summed E-state index contributed by atoms with van der Waals surface area (Å²) >= 11 is 3.31. The Morgan fingerprint density at radius 2 is 2.11 bits per heavy atom. The summed E-state index contributed by atoms with van der Waals surface area (Å²) in [5, 5.41) is 2.72. The molecule has 1 rings (SSSR count). The molecule has 0 saturated carbocycles. The molecule has 0 aliphatic carbocycles. The van der Waals surface area contributed by atoms with E-state index in [-0.39, 0.29) is 11.4 Å². The summed E-state index contributed by atoms with van der Waals surface area (Å²) in [5.74, 6) is -0.267. The Kier molecular flexibility index (Phi) is 5.79. The second-order valence-electron chi connectivity index (χ2n) is 5.35. The van der Waals surface area contributed by atoms with Crippen molar-refractivity contribution in [3.05, 3.63) is 34.1 Å². The third-order valence-electron chi connectivity index (χ3n) is 2.32. The van der Waals surface area contributed by atoms with Crippen LogP contribution < -0.4 is 5.32 Å². The molecule has 0 spiro atoms. The van der Waals surface area contributed by atoms with Crippen molar-refractivity contribution >= 4 is 22.0 Å². The third kappa shape index (κ3) is 6.57. The molecule has 0 bridgehead atoms. The minimum absolute atomic E-state index is 0.267. The highest BCUT2D eigenvalue weighted by atomic mass is 79.9. The summed E-state index contributed by atoms with van der Waals surface area (Å²) in [6, 6.07) is 4.59. The van der Waals surface area contributed by atoms with Gasteiger partial charge >= 0.3 is 6.09 Å². The molecule has 106 valence electrons. The van der Waals surface area contributed by atoms with Crippen molar-refractivity contribution in [2.45, 2.75) is 39.2 Å². The van der Waals surface area contributed by atoms with Gasteiger partial charge in [-0.3, -0.25) is 0 Å². The lowest BCUT2D eigenvalue weighted by molar-refractivity contribution is 0.136. The molecule has 1 aromatic rings. The van der Waals surface area contributed by atoms with Gasteiger partial charge in [0.1, 0.15) is 5.82 Å². The molecule has 0 saturated heterocycles. The van der Waals surface area contributed by atoms with Gasteiger partial charge in [-0.1, -0.05) is 22.0 Å². The zero-order valence-electron chi connectivity index (χ0n) is 11.4. The van der Waals surface area contributed by atoms with E-state index in [1.165, 1.54) is 12.1 Å². The maximum Gasteiger partial charge on any atom is 0.407 e. The van der Waals surface area contributed by atoms with Crippen molar-refractivity contribution in [2.24, 2.45) is 0 Å². The Labute approximate surface area is 121 Å². The predicted octanol–water partition coefficient (Wildman–Crippen LogP) is 4.05. The van der Waals surface area contributed by atoms with Gasteiger partial charge in [-0.2, -0.15) is 0 Å². The Hall–Kier alpha value is -1.10. The van der Waals surface area contributed by atoms with Crippen LogP contribution >= 0.6 is 15.9 Å². The van der Waals surface area contributed by atoms with Crippen LogP contribution in [0, 0.1) is 5.82 Å². The fourth-order valence-corrected chi connectivity index (χ4v) is 2.04. The van der Waals surface area contributed by atoms with Crippen LogP contribution in [0.5, 0.6) is 0 Å². The maximum atomic E-state index is 12.9. The van der Waals surface area contributed by atoms with Gasteiger partial charge in [0, 0.05) is 10.0 Å². The van der Waals surface area contributed by atoms with Crippen LogP contribution in [0.4, 0.5) is 9.18 Å². The maximum absolute atomic E-state index is 12.9. The molecule has 0 heterocycles. The number of alkyl carbamates (subject to hydrolysis) is 1. The molecule has 5 heteroatoms. The smallest absolute Gasteiger partial charge is 0.407 e. The van der Waals surface area contributed by atoms with Gasteiger partial charge in [0.05, 0.1) is 6.61 Å². The molecule has 0 unspecified atom stereocenters. The van der Waals surface area contributed by atoms with E-state index >= 15 is 0 Å². The van der Waals surface area contributed by atoms with Crippen LogP contribution in [0.2, 0.25) is 0 Å². The number of halogens is 2.